The largest absolute Gasteiger partial charge is 0.491 e. The predicted octanol–water partition coefficient (Wildman–Crippen LogP) is 2.87. The Labute approximate surface area is 174 Å². The summed E-state index contributed by atoms with van der Waals surface area (Å²) in [4.78, 5) is 4.65. The second-order valence-electron chi connectivity index (χ2n) is 6.17. The summed E-state index contributed by atoms with van der Waals surface area (Å²) < 4.78 is 16.8. The van der Waals surface area contributed by atoms with Gasteiger partial charge in [0, 0.05) is 32.4 Å². The molecule has 0 radical (unpaired) electrons. The second kappa shape index (κ2) is 13.2. The third-order valence-electron chi connectivity index (χ3n) is 4.02. The quantitative estimate of drug-likeness (QED) is 0.248. The van der Waals surface area contributed by atoms with Gasteiger partial charge in [0.1, 0.15) is 12.4 Å². The average molecular weight is 477 g/mol. The highest BCUT2D eigenvalue weighted by Gasteiger charge is 2.16. The van der Waals surface area contributed by atoms with E-state index in [1.165, 1.54) is 5.56 Å². The molecule has 0 saturated carbocycles. The van der Waals surface area contributed by atoms with Gasteiger partial charge in [-0.25, -0.2) is 4.99 Å². The van der Waals surface area contributed by atoms with Crippen molar-refractivity contribution in [3.63, 3.8) is 0 Å². The first-order valence-corrected chi connectivity index (χ1v) is 9.08. The highest BCUT2D eigenvalue weighted by atomic mass is 127. The van der Waals surface area contributed by atoms with Crippen molar-refractivity contribution >= 4 is 29.9 Å². The van der Waals surface area contributed by atoms with Gasteiger partial charge in [0.2, 0.25) is 0 Å². The van der Waals surface area contributed by atoms with Crippen molar-refractivity contribution in [1.82, 2.24) is 10.6 Å². The molecule has 0 aromatic heterocycles. The van der Waals surface area contributed by atoms with Gasteiger partial charge in [0.15, 0.2) is 5.96 Å². The highest BCUT2D eigenvalue weighted by molar-refractivity contribution is 14.0. The maximum atomic E-state index is 6.04. The van der Waals surface area contributed by atoms with Crippen molar-refractivity contribution in [3.8, 4) is 5.75 Å². The molecule has 1 aromatic carbocycles. The molecule has 1 aromatic rings. The summed E-state index contributed by atoms with van der Waals surface area (Å²) in [5, 5.41) is 6.49. The molecule has 1 atom stereocenters. The van der Waals surface area contributed by atoms with Crippen molar-refractivity contribution in [2.45, 2.75) is 39.3 Å². The number of ether oxygens (including phenoxy) is 3. The number of hydrogen-bond acceptors (Lipinski definition) is 4. The standard InChI is InChI=1S/C19H31N3O3.HI/c1-4-20-19(21-9-11-23-3)22-13-16-8-7-15(2)12-18(16)25-14-17-6-5-10-24-17;/h7-8,12,17H,4-6,9-11,13-14H2,1-3H3,(H2,20,21,22);1H. The van der Waals surface area contributed by atoms with Gasteiger partial charge in [-0.1, -0.05) is 12.1 Å². The van der Waals surface area contributed by atoms with E-state index in [1.807, 2.05) is 0 Å². The number of nitrogens with zero attached hydrogens (tertiary/aromatic N) is 1. The van der Waals surface area contributed by atoms with Crippen LogP contribution >= 0.6 is 24.0 Å². The monoisotopic (exact) mass is 477 g/mol. The van der Waals surface area contributed by atoms with E-state index in [-0.39, 0.29) is 30.1 Å². The number of aliphatic imine (C=N–C) groups is 1. The highest BCUT2D eigenvalue weighted by Crippen LogP contribution is 2.23. The Morgan fingerprint density at radius 3 is 2.88 bits per heavy atom. The van der Waals surface area contributed by atoms with Crippen LogP contribution in [0.1, 0.15) is 30.9 Å². The van der Waals surface area contributed by atoms with Crippen LogP contribution in [0.5, 0.6) is 5.75 Å². The van der Waals surface area contributed by atoms with E-state index in [4.69, 9.17) is 14.2 Å². The number of rotatable bonds is 9. The number of benzene rings is 1. The number of hydrogen-bond donors (Lipinski definition) is 2. The number of nitrogens with one attached hydrogen (secondary N) is 2. The molecule has 2 rings (SSSR count). The normalized spacial score (nSPS) is 16.9. The third-order valence-corrected chi connectivity index (χ3v) is 4.02. The van der Waals surface area contributed by atoms with E-state index in [0.29, 0.717) is 19.8 Å². The van der Waals surface area contributed by atoms with E-state index >= 15 is 0 Å². The van der Waals surface area contributed by atoms with Crippen molar-refractivity contribution in [2.75, 3.05) is 40.0 Å². The van der Waals surface area contributed by atoms with Crippen molar-refractivity contribution < 1.29 is 14.2 Å². The van der Waals surface area contributed by atoms with Gasteiger partial charge < -0.3 is 24.8 Å². The molecule has 1 fully saturated rings. The molecule has 2 N–H and O–H groups in total. The zero-order valence-corrected chi connectivity index (χ0v) is 18.4. The van der Waals surface area contributed by atoms with Crippen molar-refractivity contribution in [3.05, 3.63) is 29.3 Å². The smallest absolute Gasteiger partial charge is 0.191 e. The minimum atomic E-state index is 0. The Balaban J connectivity index is 0.00000338. The number of methoxy groups -OCH3 is 1. The summed E-state index contributed by atoms with van der Waals surface area (Å²) in [6.07, 6.45) is 2.41. The molecule has 7 heteroatoms. The van der Waals surface area contributed by atoms with E-state index < -0.39 is 0 Å². The van der Waals surface area contributed by atoms with E-state index in [1.54, 1.807) is 7.11 Å². The zero-order valence-electron chi connectivity index (χ0n) is 16.0. The summed E-state index contributed by atoms with van der Waals surface area (Å²) in [7, 11) is 1.69. The topological polar surface area (TPSA) is 64.1 Å². The first-order chi connectivity index (χ1) is 12.2. The van der Waals surface area contributed by atoms with Crippen LogP contribution in [0.4, 0.5) is 0 Å². The van der Waals surface area contributed by atoms with Gasteiger partial charge in [-0.2, -0.15) is 0 Å². The molecule has 148 valence electrons. The van der Waals surface area contributed by atoms with Gasteiger partial charge in [-0.05, 0) is 38.3 Å². The van der Waals surface area contributed by atoms with Crippen LogP contribution in [0.15, 0.2) is 23.2 Å². The van der Waals surface area contributed by atoms with Crippen LogP contribution in [0.3, 0.4) is 0 Å². The van der Waals surface area contributed by atoms with Crippen LogP contribution in [-0.4, -0.2) is 52.1 Å². The maximum absolute atomic E-state index is 6.04. The first-order valence-electron chi connectivity index (χ1n) is 9.08. The Kier molecular flexibility index (Phi) is 11.6. The number of halogens is 1. The lowest BCUT2D eigenvalue weighted by molar-refractivity contribution is 0.0676. The van der Waals surface area contributed by atoms with Gasteiger partial charge >= 0.3 is 0 Å². The molecule has 1 aliphatic heterocycles. The van der Waals surface area contributed by atoms with Crippen LogP contribution in [0.25, 0.3) is 0 Å². The lowest BCUT2D eigenvalue weighted by atomic mass is 10.1. The molecular weight excluding hydrogens is 445 g/mol. The molecule has 1 heterocycles. The summed E-state index contributed by atoms with van der Waals surface area (Å²) in [6, 6.07) is 6.25. The van der Waals surface area contributed by atoms with Gasteiger partial charge in [-0.3, -0.25) is 0 Å². The summed E-state index contributed by atoms with van der Waals surface area (Å²) in [5.74, 6) is 1.68. The minimum absolute atomic E-state index is 0. The second-order valence-corrected chi connectivity index (χ2v) is 6.17. The Bertz CT molecular complexity index is 549. The molecule has 0 spiro atoms. The summed E-state index contributed by atoms with van der Waals surface area (Å²) >= 11 is 0. The fourth-order valence-corrected chi connectivity index (χ4v) is 2.66. The fraction of sp³-hybridized carbons (Fsp3) is 0.632. The van der Waals surface area contributed by atoms with Crippen LogP contribution in [0, 0.1) is 6.92 Å². The minimum Gasteiger partial charge on any atom is -0.491 e. The molecule has 0 aliphatic carbocycles. The predicted molar refractivity (Wildman–Crippen MR) is 116 cm³/mol. The molecule has 1 aliphatic rings. The molecular formula is C19H32IN3O3. The average Bonchev–Trinajstić information content (AvgIpc) is 3.12. The molecule has 6 nitrogen and oxygen atoms in total. The van der Waals surface area contributed by atoms with Crippen LogP contribution in [0.2, 0.25) is 0 Å². The molecule has 26 heavy (non-hydrogen) atoms. The molecule has 0 amide bonds. The maximum Gasteiger partial charge on any atom is 0.191 e. The Hall–Kier alpha value is -1.06. The van der Waals surface area contributed by atoms with Crippen molar-refractivity contribution in [2.24, 2.45) is 4.99 Å². The number of aryl methyl sites for hydroxylation is 1. The van der Waals surface area contributed by atoms with E-state index in [2.05, 4.69) is 47.7 Å². The van der Waals surface area contributed by atoms with E-state index in [9.17, 15) is 0 Å². The summed E-state index contributed by atoms with van der Waals surface area (Å²) in [6.45, 7) is 8.31. The van der Waals surface area contributed by atoms with Gasteiger partial charge in [0.25, 0.3) is 0 Å². The van der Waals surface area contributed by atoms with Crippen LogP contribution < -0.4 is 15.4 Å². The Morgan fingerprint density at radius 2 is 2.19 bits per heavy atom. The zero-order chi connectivity index (χ0) is 17.9. The van der Waals surface area contributed by atoms with E-state index in [0.717, 1.165) is 49.8 Å². The lowest BCUT2D eigenvalue weighted by Gasteiger charge is -2.15. The number of guanidine groups is 1. The third kappa shape index (κ3) is 8.09. The first kappa shape index (κ1) is 23.0. The molecule has 1 unspecified atom stereocenters. The van der Waals surface area contributed by atoms with Crippen molar-refractivity contribution in [1.29, 1.82) is 0 Å². The molecule has 1 saturated heterocycles. The summed E-state index contributed by atoms with van der Waals surface area (Å²) in [5.41, 5.74) is 2.26. The Morgan fingerprint density at radius 1 is 1.35 bits per heavy atom. The fourth-order valence-electron chi connectivity index (χ4n) is 2.66. The van der Waals surface area contributed by atoms with Gasteiger partial charge in [0.05, 0.1) is 19.3 Å². The lowest BCUT2D eigenvalue weighted by Crippen LogP contribution is -2.38. The van der Waals surface area contributed by atoms with Gasteiger partial charge in [-0.15, -0.1) is 24.0 Å². The SMILES string of the molecule is CCNC(=NCc1ccc(C)cc1OCC1CCCO1)NCCOC.I. The van der Waals surface area contributed by atoms with Crippen LogP contribution in [-0.2, 0) is 16.0 Å². The molecule has 0 bridgehead atoms.